The van der Waals surface area contributed by atoms with Crippen LogP contribution in [0.5, 0.6) is 0 Å². The molecule has 3 aromatic rings. The summed E-state index contributed by atoms with van der Waals surface area (Å²) < 4.78 is 1.85. The number of rotatable bonds is 5. The van der Waals surface area contributed by atoms with Crippen LogP contribution in [-0.2, 0) is 11.3 Å². The van der Waals surface area contributed by atoms with Gasteiger partial charge in [0.1, 0.15) is 0 Å². The van der Waals surface area contributed by atoms with Gasteiger partial charge in [0.05, 0.1) is 11.9 Å². The first-order chi connectivity index (χ1) is 13.1. The molecule has 27 heavy (non-hydrogen) atoms. The summed E-state index contributed by atoms with van der Waals surface area (Å²) in [4.78, 5) is 20.3. The van der Waals surface area contributed by atoms with Gasteiger partial charge in [0, 0.05) is 52.7 Å². The lowest BCUT2D eigenvalue weighted by Crippen LogP contribution is -2.04. The van der Waals surface area contributed by atoms with Crippen LogP contribution in [0.3, 0.4) is 0 Å². The standard InChI is InChI=1S/C21H18N4O2/c1-3-25-21-17(12-23-25)19(15-9-13(2)10-22-11-15)16(7-8-18(26)27)20(24-21)14-5-4-6-14/h4-12H,3H2,1-2H3,(H,26,27). The first-order valence-corrected chi connectivity index (χ1v) is 8.69. The van der Waals surface area contributed by atoms with E-state index in [4.69, 9.17) is 4.98 Å². The van der Waals surface area contributed by atoms with Gasteiger partial charge in [0.25, 0.3) is 0 Å². The summed E-state index contributed by atoms with van der Waals surface area (Å²) in [6.07, 6.45) is 14.0. The lowest BCUT2D eigenvalue weighted by molar-refractivity contribution is -0.131. The highest BCUT2D eigenvalue weighted by atomic mass is 16.4. The second-order valence-electron chi connectivity index (χ2n) is 6.35. The van der Waals surface area contributed by atoms with Gasteiger partial charge < -0.3 is 5.11 Å². The van der Waals surface area contributed by atoms with E-state index >= 15 is 0 Å². The summed E-state index contributed by atoms with van der Waals surface area (Å²) in [7, 11) is 0. The molecule has 0 atom stereocenters. The van der Waals surface area contributed by atoms with Gasteiger partial charge >= 0.3 is 5.97 Å². The van der Waals surface area contributed by atoms with Crippen molar-refractivity contribution in [2.24, 2.45) is 0 Å². The molecule has 3 heterocycles. The predicted molar refractivity (Wildman–Crippen MR) is 105 cm³/mol. The van der Waals surface area contributed by atoms with Crippen LogP contribution >= 0.6 is 0 Å². The van der Waals surface area contributed by atoms with E-state index in [-0.39, 0.29) is 0 Å². The maximum atomic E-state index is 11.2. The number of hydrogen-bond donors (Lipinski definition) is 1. The largest absolute Gasteiger partial charge is 0.478 e. The fraction of sp³-hybridized carbons (Fsp3) is 0.143. The maximum absolute atomic E-state index is 11.2. The zero-order valence-electron chi connectivity index (χ0n) is 15.0. The molecule has 3 aromatic heterocycles. The summed E-state index contributed by atoms with van der Waals surface area (Å²) in [5.74, 6) is -1.00. The predicted octanol–water partition coefficient (Wildman–Crippen LogP) is 3.87. The number of hydrogen-bond acceptors (Lipinski definition) is 4. The van der Waals surface area contributed by atoms with Crippen LogP contribution in [0.2, 0.25) is 0 Å². The molecule has 1 aliphatic rings. The van der Waals surface area contributed by atoms with E-state index in [1.54, 1.807) is 24.7 Å². The van der Waals surface area contributed by atoms with Crippen molar-refractivity contribution in [2.45, 2.75) is 20.4 Å². The van der Waals surface area contributed by atoms with E-state index in [0.29, 0.717) is 6.54 Å². The zero-order valence-corrected chi connectivity index (χ0v) is 15.0. The van der Waals surface area contributed by atoms with E-state index in [2.05, 4.69) is 10.1 Å². The Morgan fingerprint density at radius 2 is 2.11 bits per heavy atom. The van der Waals surface area contributed by atoms with E-state index in [1.807, 2.05) is 42.8 Å². The monoisotopic (exact) mass is 358 g/mol. The number of fused-ring (bicyclic) bond motifs is 1. The first kappa shape index (κ1) is 16.9. The van der Waals surface area contributed by atoms with E-state index in [0.717, 1.165) is 50.6 Å². The molecule has 1 aliphatic carbocycles. The highest BCUT2D eigenvalue weighted by molar-refractivity contribution is 6.02. The van der Waals surface area contributed by atoms with Crippen molar-refractivity contribution in [1.82, 2.24) is 19.7 Å². The third kappa shape index (κ3) is 2.95. The lowest BCUT2D eigenvalue weighted by atomic mass is 9.91. The average Bonchev–Trinajstić information content (AvgIpc) is 3.00. The zero-order chi connectivity index (χ0) is 19.0. The molecule has 134 valence electrons. The lowest BCUT2D eigenvalue weighted by Gasteiger charge is -2.16. The van der Waals surface area contributed by atoms with Crippen LogP contribution < -0.4 is 0 Å². The van der Waals surface area contributed by atoms with Gasteiger partial charge in [-0.1, -0.05) is 18.2 Å². The molecule has 0 radical (unpaired) electrons. The van der Waals surface area contributed by atoms with Crippen LogP contribution in [0.4, 0.5) is 0 Å². The Labute approximate surface area is 156 Å². The second kappa shape index (κ2) is 6.64. The summed E-state index contributed by atoms with van der Waals surface area (Å²) >= 11 is 0. The molecule has 1 N–H and O–H groups in total. The maximum Gasteiger partial charge on any atom is 0.328 e. The Morgan fingerprint density at radius 3 is 2.74 bits per heavy atom. The molecule has 6 nitrogen and oxygen atoms in total. The summed E-state index contributed by atoms with van der Waals surface area (Å²) in [6, 6.07) is 2.04. The van der Waals surface area contributed by atoms with Gasteiger partial charge in [-0.2, -0.15) is 5.10 Å². The van der Waals surface area contributed by atoms with Crippen molar-refractivity contribution >= 4 is 28.7 Å². The molecule has 6 heteroatoms. The highest BCUT2D eigenvalue weighted by Gasteiger charge is 2.21. The van der Waals surface area contributed by atoms with Crippen molar-refractivity contribution in [1.29, 1.82) is 0 Å². The molecule has 0 amide bonds. The van der Waals surface area contributed by atoms with Crippen LogP contribution in [0.15, 0.2) is 49.0 Å². The second-order valence-corrected chi connectivity index (χ2v) is 6.35. The minimum absolute atomic E-state index is 0.695. The van der Waals surface area contributed by atoms with Crippen molar-refractivity contribution in [2.75, 3.05) is 0 Å². The van der Waals surface area contributed by atoms with Crippen molar-refractivity contribution < 1.29 is 9.90 Å². The number of allylic oxidation sites excluding steroid dienone is 4. The average molecular weight is 358 g/mol. The first-order valence-electron chi connectivity index (χ1n) is 8.69. The summed E-state index contributed by atoms with van der Waals surface area (Å²) in [6.45, 7) is 4.69. The fourth-order valence-electron chi connectivity index (χ4n) is 3.22. The Morgan fingerprint density at radius 1 is 1.30 bits per heavy atom. The highest BCUT2D eigenvalue weighted by Crippen LogP contribution is 2.37. The number of carboxylic acid groups (broad SMARTS) is 1. The Balaban J connectivity index is 2.11. The molecular formula is C21H18N4O2. The van der Waals surface area contributed by atoms with Gasteiger partial charge in [-0.15, -0.1) is 0 Å². The SMILES string of the molecule is CCn1ncc2c(-c3cncc(C)c3)c(C=CC(=O)O)c(C3=CC=C3)nc21. The van der Waals surface area contributed by atoms with Crippen LogP contribution in [0, 0.1) is 6.92 Å². The van der Waals surface area contributed by atoms with E-state index in [9.17, 15) is 9.90 Å². The number of pyridine rings is 2. The molecule has 0 spiro atoms. The van der Waals surface area contributed by atoms with Gasteiger partial charge in [-0.25, -0.2) is 14.5 Å². The number of nitrogens with zero attached hydrogens (tertiary/aromatic N) is 4. The van der Waals surface area contributed by atoms with E-state index < -0.39 is 5.97 Å². The molecular weight excluding hydrogens is 340 g/mol. The Kier molecular flexibility index (Phi) is 4.16. The minimum atomic E-state index is -1.00. The van der Waals surface area contributed by atoms with Crippen LogP contribution in [-0.4, -0.2) is 30.8 Å². The normalized spacial score (nSPS) is 13.2. The molecule has 0 aliphatic heterocycles. The fourth-order valence-corrected chi connectivity index (χ4v) is 3.22. The van der Waals surface area contributed by atoms with Gasteiger partial charge in [0.15, 0.2) is 5.65 Å². The summed E-state index contributed by atoms with van der Waals surface area (Å²) in [5, 5.41) is 14.5. The van der Waals surface area contributed by atoms with E-state index in [1.165, 1.54) is 0 Å². The molecule has 0 aromatic carbocycles. The molecule has 0 saturated heterocycles. The minimum Gasteiger partial charge on any atom is -0.478 e. The summed E-state index contributed by atoms with van der Waals surface area (Å²) in [5.41, 5.74) is 6.07. The number of aryl methyl sites for hydroxylation is 2. The molecule has 0 unspecified atom stereocenters. The number of carbonyl (C=O) groups is 1. The number of aromatic nitrogens is 4. The van der Waals surface area contributed by atoms with Crippen molar-refractivity contribution in [3.05, 3.63) is 65.8 Å². The quantitative estimate of drug-likeness (QED) is 0.700. The number of carboxylic acids is 1. The Hall–Kier alpha value is -3.54. The third-order valence-electron chi connectivity index (χ3n) is 4.50. The van der Waals surface area contributed by atoms with Gasteiger partial charge in [-0.3, -0.25) is 4.98 Å². The smallest absolute Gasteiger partial charge is 0.328 e. The van der Waals surface area contributed by atoms with Crippen molar-refractivity contribution in [3.8, 4) is 11.1 Å². The number of aliphatic carboxylic acids is 1. The Bertz CT molecular complexity index is 1150. The third-order valence-corrected chi connectivity index (χ3v) is 4.50. The molecule has 4 rings (SSSR count). The van der Waals surface area contributed by atoms with Crippen LogP contribution in [0.25, 0.3) is 33.8 Å². The molecule has 0 fully saturated rings. The van der Waals surface area contributed by atoms with Crippen molar-refractivity contribution in [3.63, 3.8) is 0 Å². The van der Waals surface area contributed by atoms with Gasteiger partial charge in [0.2, 0.25) is 0 Å². The molecule has 0 saturated carbocycles. The van der Waals surface area contributed by atoms with Gasteiger partial charge in [-0.05, 0) is 31.6 Å². The molecule has 0 bridgehead atoms. The van der Waals surface area contributed by atoms with Crippen LogP contribution in [0.1, 0.15) is 23.7 Å². The topological polar surface area (TPSA) is 80.9 Å².